The number of methoxy groups -OCH3 is 1. The molecule has 3 aliphatic heterocycles. The summed E-state index contributed by atoms with van der Waals surface area (Å²) in [6, 6.07) is 3.86. The van der Waals surface area contributed by atoms with E-state index in [2.05, 4.69) is 4.90 Å². The predicted molar refractivity (Wildman–Crippen MR) is 140 cm³/mol. The second kappa shape index (κ2) is 12.2. The van der Waals surface area contributed by atoms with Gasteiger partial charge in [-0.15, -0.1) is 0 Å². The van der Waals surface area contributed by atoms with E-state index in [-0.39, 0.29) is 25.2 Å². The van der Waals surface area contributed by atoms with Gasteiger partial charge in [0.05, 0.1) is 18.6 Å². The fourth-order valence-corrected chi connectivity index (χ4v) is 8.25. The van der Waals surface area contributed by atoms with Crippen LogP contribution in [0.25, 0.3) is 0 Å². The number of likely N-dealkylation sites (tertiary alicyclic amines) is 2. The van der Waals surface area contributed by atoms with Crippen LogP contribution in [0, 0.1) is 13.8 Å². The van der Waals surface area contributed by atoms with Crippen LogP contribution in [0.1, 0.15) is 62.5 Å². The summed E-state index contributed by atoms with van der Waals surface area (Å²) >= 11 is 0. The van der Waals surface area contributed by atoms with Crippen molar-refractivity contribution in [3.05, 3.63) is 23.3 Å². The molecule has 8 nitrogen and oxygen atoms in total. The van der Waals surface area contributed by atoms with Crippen molar-refractivity contribution in [3.63, 3.8) is 0 Å². The topological polar surface area (TPSA) is 79.4 Å². The summed E-state index contributed by atoms with van der Waals surface area (Å²) in [7, 11) is -2.09. The Morgan fingerprint density at radius 2 is 1.56 bits per heavy atom. The lowest BCUT2D eigenvalue weighted by atomic mass is 10.0. The van der Waals surface area contributed by atoms with E-state index in [9.17, 15) is 13.2 Å². The van der Waals surface area contributed by atoms with Gasteiger partial charge in [0.1, 0.15) is 12.4 Å². The minimum Gasteiger partial charge on any atom is -0.497 e. The lowest BCUT2D eigenvalue weighted by molar-refractivity contribution is -0.138. The van der Waals surface area contributed by atoms with Gasteiger partial charge in [-0.3, -0.25) is 4.79 Å². The molecule has 0 spiro atoms. The highest BCUT2D eigenvalue weighted by Crippen LogP contribution is 2.32. The molecule has 3 saturated heterocycles. The molecule has 4 rings (SSSR count). The molecule has 3 heterocycles. The van der Waals surface area contributed by atoms with Gasteiger partial charge in [0.25, 0.3) is 0 Å². The Labute approximate surface area is 217 Å². The Morgan fingerprint density at radius 3 is 2.17 bits per heavy atom. The molecule has 0 N–H and O–H groups in total. The van der Waals surface area contributed by atoms with Gasteiger partial charge in [0, 0.05) is 31.7 Å². The van der Waals surface area contributed by atoms with Crippen molar-refractivity contribution in [3.8, 4) is 5.75 Å². The number of hydrogen-bond acceptors (Lipinski definition) is 6. The highest BCUT2D eigenvalue weighted by molar-refractivity contribution is 7.89. The summed E-state index contributed by atoms with van der Waals surface area (Å²) in [5.41, 5.74) is 1.36. The Kier molecular flexibility index (Phi) is 9.30. The molecule has 0 radical (unpaired) electrons. The van der Waals surface area contributed by atoms with Gasteiger partial charge in [0.2, 0.25) is 15.9 Å². The number of piperidine rings is 1. The number of ether oxygens (including phenoxy) is 2. The van der Waals surface area contributed by atoms with Crippen LogP contribution in [0.4, 0.5) is 0 Å². The number of carbonyl (C=O) groups is 1. The van der Waals surface area contributed by atoms with E-state index in [0.29, 0.717) is 34.4 Å². The summed E-state index contributed by atoms with van der Waals surface area (Å²) in [6.07, 6.45) is 8.84. The van der Waals surface area contributed by atoms with E-state index in [4.69, 9.17) is 9.47 Å². The molecule has 3 aliphatic rings. The van der Waals surface area contributed by atoms with Gasteiger partial charge in [0.15, 0.2) is 0 Å². The smallest absolute Gasteiger partial charge is 0.248 e. The maximum Gasteiger partial charge on any atom is 0.248 e. The molecular weight excluding hydrogens is 478 g/mol. The quantitative estimate of drug-likeness (QED) is 0.522. The first kappa shape index (κ1) is 27.4. The Balaban J connectivity index is 1.28. The second-order valence-corrected chi connectivity index (χ2v) is 12.4. The third-order valence-electron chi connectivity index (χ3n) is 8.07. The molecule has 0 aromatic heterocycles. The average molecular weight is 522 g/mol. The molecule has 202 valence electrons. The van der Waals surface area contributed by atoms with Crippen molar-refractivity contribution in [2.75, 3.05) is 53.0 Å². The number of carbonyl (C=O) groups excluding carboxylic acids is 1. The normalized spacial score (nSPS) is 23.1. The van der Waals surface area contributed by atoms with Gasteiger partial charge in [-0.05, 0) is 88.7 Å². The summed E-state index contributed by atoms with van der Waals surface area (Å²) in [5.74, 6) is 0.665. The lowest BCUT2D eigenvalue weighted by Crippen LogP contribution is -2.48. The number of aryl methyl sites for hydroxylation is 2. The minimum atomic E-state index is -3.67. The first-order valence-corrected chi connectivity index (χ1v) is 15.0. The van der Waals surface area contributed by atoms with Crippen LogP contribution in [0.15, 0.2) is 17.0 Å². The highest BCUT2D eigenvalue weighted by atomic mass is 32.2. The van der Waals surface area contributed by atoms with E-state index in [0.717, 1.165) is 38.8 Å². The van der Waals surface area contributed by atoms with Crippen LogP contribution < -0.4 is 4.74 Å². The zero-order valence-electron chi connectivity index (χ0n) is 22.2. The standard InChI is InChI=1S/C27H43N3O5S/c1-21-17-25(34-3)18-22(2)27(21)36(32,33)30-14-8-9-24(30)19-35-20-26(31)29-15-10-23(11-16-29)28-12-6-4-5-7-13-28/h17-18,23-24H,4-16,19-20H2,1-3H3/t24-/m0/s1. The van der Waals surface area contributed by atoms with Crippen LogP contribution in [0.2, 0.25) is 0 Å². The number of rotatable bonds is 8. The number of sulfonamides is 1. The van der Waals surface area contributed by atoms with E-state index < -0.39 is 10.0 Å². The van der Waals surface area contributed by atoms with Gasteiger partial charge in [-0.1, -0.05) is 12.8 Å². The molecule has 0 bridgehead atoms. The van der Waals surface area contributed by atoms with Gasteiger partial charge in [-0.2, -0.15) is 4.31 Å². The second-order valence-electron chi connectivity index (χ2n) is 10.6. The van der Waals surface area contributed by atoms with Crippen LogP contribution in [-0.4, -0.2) is 93.6 Å². The largest absolute Gasteiger partial charge is 0.497 e. The SMILES string of the molecule is COc1cc(C)c(S(=O)(=O)N2CCC[C@H]2COCC(=O)N2CCC(N3CCCCCC3)CC2)c(C)c1. The molecule has 0 aliphatic carbocycles. The summed E-state index contributed by atoms with van der Waals surface area (Å²) in [5, 5.41) is 0. The van der Waals surface area contributed by atoms with Crippen LogP contribution in [-0.2, 0) is 19.6 Å². The maximum absolute atomic E-state index is 13.6. The van der Waals surface area contributed by atoms with Crippen molar-refractivity contribution in [2.24, 2.45) is 0 Å². The van der Waals surface area contributed by atoms with Gasteiger partial charge in [-0.25, -0.2) is 8.42 Å². The molecule has 1 amide bonds. The molecular formula is C27H43N3O5S. The third-order valence-corrected chi connectivity index (χ3v) is 10.3. The van der Waals surface area contributed by atoms with Gasteiger partial charge < -0.3 is 19.3 Å². The molecule has 1 atom stereocenters. The molecule has 9 heteroatoms. The van der Waals surface area contributed by atoms with E-state index in [1.54, 1.807) is 37.4 Å². The van der Waals surface area contributed by atoms with Crippen molar-refractivity contribution in [1.82, 2.24) is 14.1 Å². The fraction of sp³-hybridized carbons (Fsp3) is 0.741. The average Bonchev–Trinajstić information content (AvgIpc) is 3.17. The first-order chi connectivity index (χ1) is 17.3. The molecule has 36 heavy (non-hydrogen) atoms. The monoisotopic (exact) mass is 521 g/mol. The predicted octanol–water partition coefficient (Wildman–Crippen LogP) is 3.35. The summed E-state index contributed by atoms with van der Waals surface area (Å²) in [4.78, 5) is 17.7. The Hall–Kier alpha value is -1.68. The first-order valence-electron chi connectivity index (χ1n) is 13.6. The lowest BCUT2D eigenvalue weighted by Gasteiger charge is -2.38. The molecule has 1 aromatic rings. The molecule has 0 saturated carbocycles. The van der Waals surface area contributed by atoms with E-state index in [1.165, 1.54) is 38.8 Å². The Morgan fingerprint density at radius 1 is 0.917 bits per heavy atom. The minimum absolute atomic E-state index is 0.0126. The number of nitrogens with zero attached hydrogens (tertiary/aromatic N) is 3. The molecule has 3 fully saturated rings. The van der Waals surface area contributed by atoms with Crippen molar-refractivity contribution >= 4 is 15.9 Å². The Bertz CT molecular complexity index is 976. The van der Waals surface area contributed by atoms with Crippen LogP contribution >= 0.6 is 0 Å². The molecule has 1 aromatic carbocycles. The maximum atomic E-state index is 13.6. The zero-order chi connectivity index (χ0) is 25.7. The fourth-order valence-electron chi connectivity index (χ4n) is 6.16. The van der Waals surface area contributed by atoms with Crippen molar-refractivity contribution in [2.45, 2.75) is 82.2 Å². The third kappa shape index (κ3) is 6.23. The number of hydrogen-bond donors (Lipinski definition) is 0. The zero-order valence-corrected chi connectivity index (χ0v) is 23.0. The van der Waals surface area contributed by atoms with Gasteiger partial charge >= 0.3 is 0 Å². The number of amides is 1. The van der Waals surface area contributed by atoms with E-state index >= 15 is 0 Å². The molecule has 0 unspecified atom stereocenters. The van der Waals surface area contributed by atoms with E-state index in [1.807, 2.05) is 4.90 Å². The van der Waals surface area contributed by atoms with Crippen LogP contribution in [0.5, 0.6) is 5.75 Å². The van der Waals surface area contributed by atoms with Crippen molar-refractivity contribution < 1.29 is 22.7 Å². The highest BCUT2D eigenvalue weighted by Gasteiger charge is 2.37. The summed E-state index contributed by atoms with van der Waals surface area (Å²) in [6.45, 7) is 8.28. The van der Waals surface area contributed by atoms with Crippen LogP contribution in [0.3, 0.4) is 0 Å². The number of benzene rings is 1. The summed E-state index contributed by atoms with van der Waals surface area (Å²) < 4.78 is 39.8. The van der Waals surface area contributed by atoms with Crippen molar-refractivity contribution in [1.29, 1.82) is 0 Å².